The molecule has 0 aliphatic heterocycles. The highest BCUT2D eigenvalue weighted by atomic mass is 16.5. The molecule has 1 unspecified atom stereocenters. The van der Waals surface area contributed by atoms with E-state index in [0.29, 0.717) is 6.61 Å². The molecule has 0 fully saturated rings. The van der Waals surface area contributed by atoms with Crippen molar-refractivity contribution in [3.63, 3.8) is 0 Å². The van der Waals surface area contributed by atoms with Crippen molar-refractivity contribution in [3.05, 3.63) is 36.0 Å². The molecule has 0 aliphatic carbocycles. The summed E-state index contributed by atoms with van der Waals surface area (Å²) in [4.78, 5) is 4.49. The van der Waals surface area contributed by atoms with Crippen LogP contribution in [-0.2, 0) is 0 Å². The Morgan fingerprint density at radius 3 is 2.67 bits per heavy atom. The summed E-state index contributed by atoms with van der Waals surface area (Å²) in [5.41, 5.74) is 1.61. The van der Waals surface area contributed by atoms with Crippen LogP contribution in [0.5, 0.6) is 5.75 Å². The molecule has 0 saturated carbocycles. The van der Waals surface area contributed by atoms with Crippen LogP contribution in [0.2, 0.25) is 0 Å². The molecular weight excluding hydrogens is 226 g/mol. The molecule has 0 radical (unpaired) electrons. The van der Waals surface area contributed by atoms with Crippen LogP contribution in [0, 0.1) is 5.92 Å². The van der Waals surface area contributed by atoms with Crippen molar-refractivity contribution in [2.45, 2.75) is 26.9 Å². The monoisotopic (exact) mass is 245 g/mol. The van der Waals surface area contributed by atoms with Gasteiger partial charge in [0.25, 0.3) is 0 Å². The molecule has 96 valence electrons. The topological polar surface area (TPSA) is 42.4 Å². The van der Waals surface area contributed by atoms with E-state index < -0.39 is 6.10 Å². The molecule has 3 nitrogen and oxygen atoms in total. The number of ether oxygens (including phenoxy) is 1. The SMILES string of the molecule is CCOc1ccc2nc(C(O)C(C)C)ccc2c1. The normalized spacial score (nSPS) is 12.9. The Balaban J connectivity index is 2.38. The fourth-order valence-electron chi connectivity index (χ4n) is 1.88. The molecule has 1 aromatic heterocycles. The second-order valence-corrected chi connectivity index (χ2v) is 4.71. The number of aliphatic hydroxyl groups is 1. The first-order valence-electron chi connectivity index (χ1n) is 6.33. The van der Waals surface area contributed by atoms with Crippen molar-refractivity contribution in [1.82, 2.24) is 4.98 Å². The fourth-order valence-corrected chi connectivity index (χ4v) is 1.88. The molecule has 0 spiro atoms. The Hall–Kier alpha value is -1.61. The van der Waals surface area contributed by atoms with Gasteiger partial charge < -0.3 is 9.84 Å². The quantitative estimate of drug-likeness (QED) is 0.898. The molecule has 1 N–H and O–H groups in total. The zero-order chi connectivity index (χ0) is 13.1. The number of nitrogens with zero attached hydrogens (tertiary/aromatic N) is 1. The zero-order valence-corrected chi connectivity index (χ0v) is 11.1. The lowest BCUT2D eigenvalue weighted by atomic mass is 10.0. The van der Waals surface area contributed by atoms with Crippen molar-refractivity contribution >= 4 is 10.9 Å². The lowest BCUT2D eigenvalue weighted by molar-refractivity contribution is 0.123. The van der Waals surface area contributed by atoms with Crippen LogP contribution in [0.4, 0.5) is 0 Å². The maximum absolute atomic E-state index is 10.0. The molecular formula is C15H19NO2. The number of hydrogen-bond acceptors (Lipinski definition) is 3. The van der Waals surface area contributed by atoms with Crippen LogP contribution in [0.3, 0.4) is 0 Å². The number of fused-ring (bicyclic) bond motifs is 1. The first kappa shape index (κ1) is 12.8. The molecule has 2 rings (SSSR count). The minimum atomic E-state index is -0.513. The maximum atomic E-state index is 10.0. The second kappa shape index (κ2) is 5.36. The molecule has 0 aliphatic rings. The minimum Gasteiger partial charge on any atom is -0.494 e. The first-order valence-corrected chi connectivity index (χ1v) is 6.33. The smallest absolute Gasteiger partial charge is 0.120 e. The number of aliphatic hydroxyl groups excluding tert-OH is 1. The number of hydrogen-bond donors (Lipinski definition) is 1. The first-order chi connectivity index (χ1) is 8.61. The molecule has 2 aromatic rings. The lowest BCUT2D eigenvalue weighted by Crippen LogP contribution is -2.07. The Morgan fingerprint density at radius 2 is 2.00 bits per heavy atom. The summed E-state index contributed by atoms with van der Waals surface area (Å²) in [6.45, 7) is 6.58. The molecule has 18 heavy (non-hydrogen) atoms. The van der Waals surface area contributed by atoms with Gasteiger partial charge in [0.05, 0.1) is 23.9 Å². The summed E-state index contributed by atoms with van der Waals surface area (Å²) in [6, 6.07) is 9.66. The van der Waals surface area contributed by atoms with Gasteiger partial charge in [-0.1, -0.05) is 19.9 Å². The highest BCUT2D eigenvalue weighted by molar-refractivity contribution is 5.80. The molecule has 1 aromatic carbocycles. The predicted octanol–water partition coefficient (Wildman–Crippen LogP) is 3.32. The number of pyridine rings is 1. The molecule has 3 heteroatoms. The number of benzene rings is 1. The molecule has 0 saturated heterocycles. The van der Waals surface area contributed by atoms with Gasteiger partial charge >= 0.3 is 0 Å². The third-order valence-electron chi connectivity index (χ3n) is 2.93. The van der Waals surface area contributed by atoms with Gasteiger partial charge in [0.2, 0.25) is 0 Å². The third-order valence-corrected chi connectivity index (χ3v) is 2.93. The van der Waals surface area contributed by atoms with E-state index in [1.54, 1.807) is 0 Å². The maximum Gasteiger partial charge on any atom is 0.120 e. The Bertz CT molecular complexity index is 537. The van der Waals surface area contributed by atoms with E-state index in [4.69, 9.17) is 4.74 Å². The van der Waals surface area contributed by atoms with Crippen molar-refractivity contribution in [2.75, 3.05) is 6.61 Å². The van der Waals surface area contributed by atoms with Gasteiger partial charge in [-0.15, -0.1) is 0 Å². The second-order valence-electron chi connectivity index (χ2n) is 4.71. The Labute approximate surface area is 107 Å². The van der Waals surface area contributed by atoms with Crippen molar-refractivity contribution < 1.29 is 9.84 Å². The highest BCUT2D eigenvalue weighted by Gasteiger charge is 2.13. The van der Waals surface area contributed by atoms with Gasteiger partial charge in [-0.25, -0.2) is 0 Å². The fraction of sp³-hybridized carbons (Fsp3) is 0.400. The van der Waals surface area contributed by atoms with Gasteiger partial charge in [0, 0.05) is 5.39 Å². The average molecular weight is 245 g/mol. The van der Waals surface area contributed by atoms with Crippen molar-refractivity contribution in [1.29, 1.82) is 0 Å². The van der Waals surface area contributed by atoms with Gasteiger partial charge in [-0.3, -0.25) is 4.98 Å². The molecule has 1 heterocycles. The molecule has 1 atom stereocenters. The van der Waals surface area contributed by atoms with E-state index in [1.165, 1.54) is 0 Å². The number of rotatable bonds is 4. The van der Waals surface area contributed by atoms with Crippen molar-refractivity contribution in [2.24, 2.45) is 5.92 Å². The Kier molecular flexibility index (Phi) is 3.82. The lowest BCUT2D eigenvalue weighted by Gasteiger charge is -2.14. The van der Waals surface area contributed by atoms with Gasteiger partial charge in [0.1, 0.15) is 5.75 Å². The third kappa shape index (κ3) is 2.62. The van der Waals surface area contributed by atoms with E-state index in [-0.39, 0.29) is 5.92 Å². The van der Waals surface area contributed by atoms with E-state index in [2.05, 4.69) is 4.98 Å². The largest absolute Gasteiger partial charge is 0.494 e. The summed E-state index contributed by atoms with van der Waals surface area (Å²) >= 11 is 0. The van der Waals surface area contributed by atoms with Gasteiger partial charge in [0.15, 0.2) is 0 Å². The summed E-state index contributed by atoms with van der Waals surface area (Å²) < 4.78 is 5.45. The zero-order valence-electron chi connectivity index (χ0n) is 11.1. The summed E-state index contributed by atoms with van der Waals surface area (Å²) in [5.74, 6) is 1.02. The summed E-state index contributed by atoms with van der Waals surface area (Å²) in [6.07, 6.45) is -0.513. The van der Waals surface area contributed by atoms with E-state index in [1.807, 2.05) is 51.1 Å². The predicted molar refractivity (Wildman–Crippen MR) is 72.7 cm³/mol. The van der Waals surface area contributed by atoms with Crippen LogP contribution in [0.15, 0.2) is 30.3 Å². The van der Waals surface area contributed by atoms with E-state index in [9.17, 15) is 5.11 Å². The van der Waals surface area contributed by atoms with Crippen molar-refractivity contribution in [3.8, 4) is 5.75 Å². The van der Waals surface area contributed by atoms with E-state index >= 15 is 0 Å². The summed E-state index contributed by atoms with van der Waals surface area (Å²) in [5, 5.41) is 11.0. The highest BCUT2D eigenvalue weighted by Crippen LogP contribution is 2.24. The van der Waals surface area contributed by atoms with Crippen LogP contribution < -0.4 is 4.74 Å². The van der Waals surface area contributed by atoms with Gasteiger partial charge in [-0.2, -0.15) is 0 Å². The van der Waals surface area contributed by atoms with Crippen LogP contribution in [0.1, 0.15) is 32.6 Å². The minimum absolute atomic E-state index is 0.164. The summed E-state index contributed by atoms with van der Waals surface area (Å²) in [7, 11) is 0. The molecule has 0 amide bonds. The average Bonchev–Trinajstić information content (AvgIpc) is 2.37. The van der Waals surface area contributed by atoms with Crippen LogP contribution >= 0.6 is 0 Å². The molecule has 0 bridgehead atoms. The Morgan fingerprint density at radius 1 is 1.22 bits per heavy atom. The van der Waals surface area contributed by atoms with Gasteiger partial charge in [-0.05, 0) is 37.1 Å². The van der Waals surface area contributed by atoms with E-state index in [0.717, 1.165) is 22.3 Å². The standard InChI is InChI=1S/C15H19NO2/c1-4-18-12-6-8-13-11(9-12)5-7-14(16-13)15(17)10(2)3/h5-10,15,17H,4H2,1-3H3. The van der Waals surface area contributed by atoms with Crippen LogP contribution in [-0.4, -0.2) is 16.7 Å². The number of aromatic nitrogens is 1. The van der Waals surface area contributed by atoms with Crippen LogP contribution in [0.25, 0.3) is 10.9 Å².